The van der Waals surface area contributed by atoms with E-state index in [-0.39, 0.29) is 16.6 Å². The number of carbonyl (C=O) groups excluding carboxylic acids is 1. The van der Waals surface area contributed by atoms with Crippen LogP contribution in [0.25, 0.3) is 0 Å². The van der Waals surface area contributed by atoms with Gasteiger partial charge in [-0.25, -0.2) is 4.99 Å². The standard InChI is InChI=1S/C22H22N2O/c1-21(2)14-9-5-7-11-16(14)23-19(21)13-18(25)20-22(3,4)15-10-6-8-12-17(15)24-20/h5-13,23H,1-4H3. The summed E-state index contributed by atoms with van der Waals surface area (Å²) >= 11 is 0. The molecule has 0 saturated heterocycles. The van der Waals surface area contributed by atoms with Crippen LogP contribution in [0.2, 0.25) is 0 Å². The molecule has 0 amide bonds. The first-order valence-electron chi connectivity index (χ1n) is 8.63. The van der Waals surface area contributed by atoms with Gasteiger partial charge >= 0.3 is 0 Å². The Bertz CT molecular complexity index is 948. The van der Waals surface area contributed by atoms with Gasteiger partial charge in [-0.3, -0.25) is 4.79 Å². The number of nitrogens with zero attached hydrogens (tertiary/aromatic N) is 1. The van der Waals surface area contributed by atoms with E-state index in [1.54, 1.807) is 6.08 Å². The number of rotatable bonds is 2. The monoisotopic (exact) mass is 330 g/mol. The SMILES string of the molecule is CC1(C)C(C(=O)C=C2Nc3ccccc3C2(C)C)=Nc2ccccc21. The summed E-state index contributed by atoms with van der Waals surface area (Å²) in [6, 6.07) is 16.2. The predicted octanol–water partition coefficient (Wildman–Crippen LogP) is 4.91. The fraction of sp³-hybridized carbons (Fsp3) is 0.273. The smallest absolute Gasteiger partial charge is 0.202 e. The van der Waals surface area contributed by atoms with E-state index in [1.807, 2.05) is 30.3 Å². The first-order chi connectivity index (χ1) is 11.8. The molecule has 0 bridgehead atoms. The molecule has 0 unspecified atom stereocenters. The molecule has 1 N–H and O–H groups in total. The number of hydrogen-bond acceptors (Lipinski definition) is 3. The molecule has 0 aromatic heterocycles. The van der Waals surface area contributed by atoms with E-state index >= 15 is 0 Å². The zero-order valence-electron chi connectivity index (χ0n) is 15.1. The van der Waals surface area contributed by atoms with Crippen LogP contribution >= 0.6 is 0 Å². The molecule has 126 valence electrons. The van der Waals surface area contributed by atoms with Gasteiger partial charge in [0.1, 0.15) is 0 Å². The van der Waals surface area contributed by atoms with Crippen molar-refractivity contribution >= 4 is 22.9 Å². The number of hydrogen-bond donors (Lipinski definition) is 1. The Morgan fingerprint density at radius 1 is 0.920 bits per heavy atom. The van der Waals surface area contributed by atoms with Crippen LogP contribution in [0.5, 0.6) is 0 Å². The molecule has 0 atom stereocenters. The second-order valence-corrected chi connectivity index (χ2v) is 7.82. The average molecular weight is 330 g/mol. The maximum atomic E-state index is 13.1. The summed E-state index contributed by atoms with van der Waals surface area (Å²) in [4.78, 5) is 17.7. The van der Waals surface area contributed by atoms with Crippen molar-refractivity contribution in [2.24, 2.45) is 4.99 Å². The zero-order valence-corrected chi connectivity index (χ0v) is 15.1. The van der Waals surface area contributed by atoms with E-state index in [2.05, 4.69) is 56.2 Å². The van der Waals surface area contributed by atoms with Gasteiger partial charge in [0.25, 0.3) is 0 Å². The van der Waals surface area contributed by atoms with Gasteiger partial charge in [-0.1, -0.05) is 50.2 Å². The van der Waals surface area contributed by atoms with Crippen molar-refractivity contribution in [1.29, 1.82) is 0 Å². The third-order valence-electron chi connectivity index (χ3n) is 5.45. The largest absolute Gasteiger partial charge is 0.358 e. The lowest BCUT2D eigenvalue weighted by Gasteiger charge is -2.22. The minimum Gasteiger partial charge on any atom is -0.358 e. The summed E-state index contributed by atoms with van der Waals surface area (Å²) in [5.41, 5.74) is 5.23. The highest BCUT2D eigenvalue weighted by Gasteiger charge is 2.40. The van der Waals surface area contributed by atoms with Gasteiger partial charge < -0.3 is 5.32 Å². The van der Waals surface area contributed by atoms with Crippen LogP contribution in [0.4, 0.5) is 11.4 Å². The Kier molecular flexibility index (Phi) is 3.26. The summed E-state index contributed by atoms with van der Waals surface area (Å²) < 4.78 is 0. The van der Waals surface area contributed by atoms with E-state index in [1.165, 1.54) is 5.56 Å². The second kappa shape index (κ2) is 5.16. The van der Waals surface area contributed by atoms with Crippen LogP contribution in [0.15, 0.2) is 65.3 Å². The molecule has 25 heavy (non-hydrogen) atoms. The van der Waals surface area contributed by atoms with E-state index in [0.29, 0.717) is 5.71 Å². The lowest BCUT2D eigenvalue weighted by Crippen LogP contribution is -2.32. The number of ketones is 1. The molecule has 2 aliphatic rings. The van der Waals surface area contributed by atoms with E-state index < -0.39 is 0 Å². The van der Waals surface area contributed by atoms with Crippen molar-refractivity contribution in [2.45, 2.75) is 38.5 Å². The fourth-order valence-electron chi connectivity index (χ4n) is 3.85. The van der Waals surface area contributed by atoms with Crippen molar-refractivity contribution in [2.75, 3.05) is 5.32 Å². The summed E-state index contributed by atoms with van der Waals surface area (Å²) in [5.74, 6) is -0.0235. The van der Waals surface area contributed by atoms with Gasteiger partial charge in [-0.05, 0) is 37.1 Å². The number of allylic oxidation sites excluding steroid dienone is 2. The number of carbonyl (C=O) groups is 1. The van der Waals surface area contributed by atoms with Crippen LogP contribution in [0, 0.1) is 0 Å². The third-order valence-corrected chi connectivity index (χ3v) is 5.45. The van der Waals surface area contributed by atoms with Crippen molar-refractivity contribution in [3.8, 4) is 0 Å². The molecule has 4 rings (SSSR count). The Labute approximate surface area is 148 Å². The number of anilines is 1. The van der Waals surface area contributed by atoms with Crippen LogP contribution < -0.4 is 5.32 Å². The number of benzene rings is 2. The molecule has 0 aliphatic carbocycles. The molecule has 3 heteroatoms. The maximum Gasteiger partial charge on any atom is 0.202 e. The van der Waals surface area contributed by atoms with Gasteiger partial charge in [0.05, 0.1) is 11.4 Å². The Morgan fingerprint density at radius 3 is 2.24 bits per heavy atom. The van der Waals surface area contributed by atoms with Gasteiger partial charge in [-0.2, -0.15) is 0 Å². The molecular formula is C22H22N2O. The predicted molar refractivity (Wildman–Crippen MR) is 103 cm³/mol. The molecular weight excluding hydrogens is 308 g/mol. The lowest BCUT2D eigenvalue weighted by atomic mass is 9.79. The molecule has 0 spiro atoms. The highest BCUT2D eigenvalue weighted by Crippen LogP contribution is 2.44. The molecule has 2 aromatic rings. The zero-order chi connectivity index (χ0) is 17.8. The topological polar surface area (TPSA) is 41.5 Å². The molecule has 3 nitrogen and oxygen atoms in total. The Balaban J connectivity index is 1.72. The highest BCUT2D eigenvalue weighted by atomic mass is 16.1. The Morgan fingerprint density at radius 2 is 1.56 bits per heavy atom. The summed E-state index contributed by atoms with van der Waals surface area (Å²) in [7, 11) is 0. The second-order valence-electron chi connectivity index (χ2n) is 7.82. The number of aliphatic imine (C=N–C) groups is 1. The normalized spacial score (nSPS) is 20.6. The van der Waals surface area contributed by atoms with Gasteiger partial charge in [0.2, 0.25) is 5.78 Å². The molecule has 0 saturated carbocycles. The number of para-hydroxylation sites is 2. The number of fused-ring (bicyclic) bond motifs is 2. The highest BCUT2D eigenvalue weighted by molar-refractivity contribution is 6.48. The van der Waals surface area contributed by atoms with E-state index in [0.717, 1.165) is 22.6 Å². The minimum atomic E-state index is -0.375. The molecule has 2 aliphatic heterocycles. The number of nitrogens with one attached hydrogen (secondary N) is 1. The van der Waals surface area contributed by atoms with Gasteiger partial charge in [0, 0.05) is 28.3 Å². The quantitative estimate of drug-likeness (QED) is 0.795. The van der Waals surface area contributed by atoms with Crippen LogP contribution in [0.3, 0.4) is 0 Å². The molecule has 2 heterocycles. The van der Waals surface area contributed by atoms with E-state index in [4.69, 9.17) is 0 Å². The molecule has 0 fully saturated rings. The van der Waals surface area contributed by atoms with E-state index in [9.17, 15) is 4.79 Å². The molecule has 0 radical (unpaired) electrons. The summed E-state index contributed by atoms with van der Waals surface area (Å²) in [6.45, 7) is 8.41. The van der Waals surface area contributed by atoms with Gasteiger partial charge in [-0.15, -0.1) is 0 Å². The van der Waals surface area contributed by atoms with Crippen LogP contribution in [-0.2, 0) is 15.6 Å². The first-order valence-corrected chi connectivity index (χ1v) is 8.63. The third kappa shape index (κ3) is 2.26. The van der Waals surface area contributed by atoms with Crippen molar-refractivity contribution in [3.05, 3.63) is 71.4 Å². The van der Waals surface area contributed by atoms with Gasteiger partial charge in [0.15, 0.2) is 0 Å². The van der Waals surface area contributed by atoms with Crippen molar-refractivity contribution < 1.29 is 4.79 Å². The Hall–Kier alpha value is -2.68. The minimum absolute atomic E-state index is 0.0235. The van der Waals surface area contributed by atoms with Crippen molar-refractivity contribution in [3.63, 3.8) is 0 Å². The van der Waals surface area contributed by atoms with Crippen LogP contribution in [-0.4, -0.2) is 11.5 Å². The van der Waals surface area contributed by atoms with Crippen LogP contribution in [0.1, 0.15) is 38.8 Å². The lowest BCUT2D eigenvalue weighted by molar-refractivity contribution is -0.109. The summed E-state index contributed by atoms with van der Waals surface area (Å²) in [5, 5.41) is 3.41. The maximum absolute atomic E-state index is 13.1. The summed E-state index contributed by atoms with van der Waals surface area (Å²) in [6.07, 6.45) is 1.73. The first kappa shape index (κ1) is 15.8. The molecule has 2 aromatic carbocycles. The van der Waals surface area contributed by atoms with Crippen molar-refractivity contribution in [1.82, 2.24) is 0 Å². The average Bonchev–Trinajstić information content (AvgIpc) is 2.99. The fourth-order valence-corrected chi connectivity index (χ4v) is 3.85.